The lowest BCUT2D eigenvalue weighted by Crippen LogP contribution is -2.39. The van der Waals surface area contributed by atoms with Crippen molar-refractivity contribution in [2.24, 2.45) is 5.41 Å². The molecule has 7 heteroatoms. The molecule has 114 valence electrons. The molecule has 21 heavy (non-hydrogen) atoms. The molecule has 0 spiro atoms. The molecule has 1 aliphatic carbocycles. The van der Waals surface area contributed by atoms with Gasteiger partial charge in [-0.2, -0.15) is 0 Å². The van der Waals surface area contributed by atoms with Gasteiger partial charge in [0.1, 0.15) is 0 Å². The summed E-state index contributed by atoms with van der Waals surface area (Å²) in [4.78, 5) is 23.5. The normalized spacial score (nSPS) is 15.4. The van der Waals surface area contributed by atoms with Crippen LogP contribution in [0.25, 0.3) is 0 Å². The SMILES string of the molecule is Cc1c(Cl)cc(NC(=O)C(=O)NCC2(CO)CC2)cc1Cl. The molecule has 1 aromatic carbocycles. The van der Waals surface area contributed by atoms with Crippen LogP contribution in [0.1, 0.15) is 18.4 Å². The number of hydrogen-bond acceptors (Lipinski definition) is 3. The van der Waals surface area contributed by atoms with Gasteiger partial charge in [0.05, 0.1) is 6.61 Å². The van der Waals surface area contributed by atoms with Gasteiger partial charge in [-0.3, -0.25) is 9.59 Å². The highest BCUT2D eigenvalue weighted by Crippen LogP contribution is 2.44. The Kier molecular flexibility index (Phi) is 4.76. The number of carbonyl (C=O) groups excluding carboxylic acids is 2. The average molecular weight is 331 g/mol. The van der Waals surface area contributed by atoms with Crippen molar-refractivity contribution in [3.63, 3.8) is 0 Å². The van der Waals surface area contributed by atoms with Crippen molar-refractivity contribution >= 4 is 40.7 Å². The van der Waals surface area contributed by atoms with Crippen LogP contribution in [-0.2, 0) is 9.59 Å². The maximum absolute atomic E-state index is 11.8. The maximum Gasteiger partial charge on any atom is 0.313 e. The van der Waals surface area contributed by atoms with Crippen molar-refractivity contribution in [3.05, 3.63) is 27.7 Å². The van der Waals surface area contributed by atoms with E-state index < -0.39 is 11.8 Å². The molecule has 0 saturated heterocycles. The van der Waals surface area contributed by atoms with E-state index in [4.69, 9.17) is 28.3 Å². The zero-order valence-corrected chi connectivity index (χ0v) is 13.0. The largest absolute Gasteiger partial charge is 0.396 e. The van der Waals surface area contributed by atoms with Gasteiger partial charge < -0.3 is 15.7 Å². The van der Waals surface area contributed by atoms with Gasteiger partial charge in [-0.05, 0) is 37.5 Å². The molecule has 1 aliphatic rings. The molecule has 5 nitrogen and oxygen atoms in total. The van der Waals surface area contributed by atoms with Crippen molar-refractivity contribution in [3.8, 4) is 0 Å². The Hall–Kier alpha value is -1.30. The highest BCUT2D eigenvalue weighted by Gasteiger charge is 2.42. The van der Waals surface area contributed by atoms with Crippen molar-refractivity contribution in [2.45, 2.75) is 19.8 Å². The summed E-state index contributed by atoms with van der Waals surface area (Å²) in [5, 5.41) is 14.9. The summed E-state index contributed by atoms with van der Waals surface area (Å²) in [5.74, 6) is -1.54. The van der Waals surface area contributed by atoms with E-state index in [1.54, 1.807) is 6.92 Å². The number of rotatable bonds is 4. The molecule has 0 bridgehead atoms. The zero-order chi connectivity index (χ0) is 15.6. The fourth-order valence-electron chi connectivity index (χ4n) is 1.82. The van der Waals surface area contributed by atoms with E-state index in [9.17, 15) is 9.59 Å². The van der Waals surface area contributed by atoms with Gasteiger partial charge in [-0.1, -0.05) is 23.2 Å². The number of halogens is 2. The molecule has 0 heterocycles. The van der Waals surface area contributed by atoms with E-state index in [1.807, 2.05) is 0 Å². The Bertz CT molecular complexity index is 563. The Labute approximate surface area is 132 Å². The van der Waals surface area contributed by atoms with Gasteiger partial charge in [0.2, 0.25) is 0 Å². The third kappa shape index (κ3) is 3.87. The van der Waals surface area contributed by atoms with Gasteiger partial charge in [-0.25, -0.2) is 0 Å². The van der Waals surface area contributed by atoms with Crippen LogP contribution in [0, 0.1) is 12.3 Å². The smallest absolute Gasteiger partial charge is 0.313 e. The van der Waals surface area contributed by atoms with Crippen molar-refractivity contribution < 1.29 is 14.7 Å². The molecule has 0 unspecified atom stereocenters. The fourth-order valence-corrected chi connectivity index (χ4v) is 2.31. The first kappa shape index (κ1) is 16.1. The van der Waals surface area contributed by atoms with Crippen LogP contribution < -0.4 is 10.6 Å². The quantitative estimate of drug-likeness (QED) is 0.740. The second-order valence-corrected chi connectivity index (χ2v) is 6.17. The average Bonchev–Trinajstić information content (AvgIpc) is 3.22. The van der Waals surface area contributed by atoms with E-state index in [1.165, 1.54) is 12.1 Å². The van der Waals surface area contributed by atoms with Crippen LogP contribution in [0.3, 0.4) is 0 Å². The predicted molar refractivity (Wildman–Crippen MR) is 81.6 cm³/mol. The number of amides is 2. The second kappa shape index (κ2) is 6.22. The summed E-state index contributed by atoms with van der Waals surface area (Å²) < 4.78 is 0. The number of aliphatic hydroxyl groups excluding tert-OH is 1. The molecule has 0 aliphatic heterocycles. The van der Waals surface area contributed by atoms with Crippen molar-refractivity contribution in [1.29, 1.82) is 0 Å². The topological polar surface area (TPSA) is 78.4 Å². The predicted octanol–water partition coefficient (Wildman–Crippen LogP) is 2.13. The molecule has 1 fully saturated rings. The van der Waals surface area contributed by atoms with Crippen LogP contribution in [0.2, 0.25) is 10.0 Å². The van der Waals surface area contributed by atoms with Gasteiger partial charge in [-0.15, -0.1) is 0 Å². The minimum atomic E-state index is -0.792. The van der Waals surface area contributed by atoms with Gasteiger partial charge in [0, 0.05) is 27.7 Å². The lowest BCUT2D eigenvalue weighted by atomic mass is 10.1. The molecular weight excluding hydrogens is 315 g/mol. The van der Waals surface area contributed by atoms with Crippen LogP contribution in [0.4, 0.5) is 5.69 Å². The summed E-state index contributed by atoms with van der Waals surface area (Å²) in [6.07, 6.45) is 1.71. The van der Waals surface area contributed by atoms with Gasteiger partial charge in [0.25, 0.3) is 0 Å². The van der Waals surface area contributed by atoms with Crippen LogP contribution in [-0.4, -0.2) is 30.1 Å². The molecule has 2 rings (SSSR count). The van der Waals surface area contributed by atoms with E-state index in [0.29, 0.717) is 27.8 Å². The molecule has 0 atom stereocenters. The van der Waals surface area contributed by atoms with E-state index in [-0.39, 0.29) is 12.0 Å². The Morgan fingerprint density at radius 2 is 1.81 bits per heavy atom. The number of anilines is 1. The zero-order valence-electron chi connectivity index (χ0n) is 11.5. The molecular formula is C14H16Cl2N2O3. The lowest BCUT2D eigenvalue weighted by Gasteiger charge is -2.13. The molecule has 0 radical (unpaired) electrons. The summed E-state index contributed by atoms with van der Waals surface area (Å²) in [5.41, 5.74) is 0.824. The minimum absolute atomic E-state index is 0.0120. The number of aliphatic hydroxyl groups is 1. The fraction of sp³-hybridized carbons (Fsp3) is 0.429. The summed E-state index contributed by atoms with van der Waals surface area (Å²) >= 11 is 11.9. The van der Waals surface area contributed by atoms with E-state index in [0.717, 1.165) is 12.8 Å². The highest BCUT2D eigenvalue weighted by molar-refractivity contribution is 6.40. The first-order valence-electron chi connectivity index (χ1n) is 6.52. The second-order valence-electron chi connectivity index (χ2n) is 5.36. The Morgan fingerprint density at radius 3 is 2.29 bits per heavy atom. The third-order valence-electron chi connectivity index (χ3n) is 3.66. The number of carbonyl (C=O) groups is 2. The van der Waals surface area contributed by atoms with Crippen LogP contribution >= 0.6 is 23.2 Å². The first-order chi connectivity index (χ1) is 9.87. The summed E-state index contributed by atoms with van der Waals surface area (Å²) in [7, 11) is 0. The molecule has 2 amide bonds. The van der Waals surface area contributed by atoms with Crippen LogP contribution in [0.15, 0.2) is 12.1 Å². The van der Waals surface area contributed by atoms with Gasteiger partial charge >= 0.3 is 11.8 Å². The van der Waals surface area contributed by atoms with E-state index >= 15 is 0 Å². The Morgan fingerprint density at radius 1 is 1.24 bits per heavy atom. The standard InChI is InChI=1S/C14H16Cl2N2O3/c1-8-10(15)4-9(5-11(8)16)18-13(21)12(20)17-6-14(7-19)2-3-14/h4-5,19H,2-3,6-7H2,1H3,(H,17,20)(H,18,21). The first-order valence-corrected chi connectivity index (χ1v) is 7.28. The van der Waals surface area contributed by atoms with Crippen molar-refractivity contribution in [1.82, 2.24) is 5.32 Å². The maximum atomic E-state index is 11.8. The Balaban J connectivity index is 1.93. The number of nitrogens with one attached hydrogen (secondary N) is 2. The molecule has 1 aromatic rings. The summed E-state index contributed by atoms with van der Waals surface area (Å²) in [6.45, 7) is 2.07. The molecule has 3 N–H and O–H groups in total. The van der Waals surface area contributed by atoms with Crippen LogP contribution in [0.5, 0.6) is 0 Å². The summed E-state index contributed by atoms with van der Waals surface area (Å²) in [6, 6.07) is 3.06. The molecule has 0 aromatic heterocycles. The highest BCUT2D eigenvalue weighted by atomic mass is 35.5. The van der Waals surface area contributed by atoms with E-state index in [2.05, 4.69) is 10.6 Å². The monoisotopic (exact) mass is 330 g/mol. The van der Waals surface area contributed by atoms with Gasteiger partial charge in [0.15, 0.2) is 0 Å². The number of benzene rings is 1. The third-order valence-corrected chi connectivity index (χ3v) is 4.45. The van der Waals surface area contributed by atoms with Crippen molar-refractivity contribution in [2.75, 3.05) is 18.5 Å². The number of hydrogen-bond donors (Lipinski definition) is 3. The molecule has 1 saturated carbocycles. The minimum Gasteiger partial charge on any atom is -0.396 e. The lowest BCUT2D eigenvalue weighted by molar-refractivity contribution is -0.136.